The zero-order valence-corrected chi connectivity index (χ0v) is 11.9. The van der Waals surface area contributed by atoms with Gasteiger partial charge in [-0.3, -0.25) is 5.41 Å². The van der Waals surface area contributed by atoms with Crippen molar-refractivity contribution in [3.05, 3.63) is 29.3 Å². The number of hydrogen-bond acceptors (Lipinski definition) is 3. The van der Waals surface area contributed by atoms with Crippen LogP contribution in [0.2, 0.25) is 0 Å². The molecule has 0 radical (unpaired) electrons. The molecular weight excluding hydrogens is 240 g/mol. The normalized spacial score (nSPS) is 10.4. The van der Waals surface area contributed by atoms with Gasteiger partial charge in [0.15, 0.2) is 0 Å². The van der Waals surface area contributed by atoms with Gasteiger partial charge >= 0.3 is 0 Å². The number of amidine groups is 1. The van der Waals surface area contributed by atoms with Crippen molar-refractivity contribution in [3.8, 4) is 5.75 Å². The lowest BCUT2D eigenvalue weighted by molar-refractivity contribution is 0.117. The average Bonchev–Trinajstić information content (AvgIpc) is 2.42. The van der Waals surface area contributed by atoms with Gasteiger partial charge < -0.3 is 15.2 Å². The van der Waals surface area contributed by atoms with Crippen LogP contribution in [0.15, 0.2) is 18.2 Å². The molecule has 0 fully saturated rings. The molecule has 4 heteroatoms. The summed E-state index contributed by atoms with van der Waals surface area (Å²) < 4.78 is 10.8. The number of methoxy groups -OCH3 is 1. The van der Waals surface area contributed by atoms with Crippen molar-refractivity contribution in [2.75, 3.05) is 13.7 Å². The van der Waals surface area contributed by atoms with Crippen LogP contribution in [-0.2, 0) is 11.3 Å². The van der Waals surface area contributed by atoms with Crippen molar-refractivity contribution in [1.29, 1.82) is 5.41 Å². The highest BCUT2D eigenvalue weighted by atomic mass is 16.5. The number of benzene rings is 1. The fourth-order valence-electron chi connectivity index (χ4n) is 1.88. The average molecular weight is 264 g/mol. The van der Waals surface area contributed by atoms with E-state index in [0.717, 1.165) is 18.6 Å². The first-order valence-corrected chi connectivity index (χ1v) is 6.78. The van der Waals surface area contributed by atoms with Gasteiger partial charge in [-0.2, -0.15) is 0 Å². The lowest BCUT2D eigenvalue weighted by Crippen LogP contribution is -2.13. The third kappa shape index (κ3) is 5.30. The minimum atomic E-state index is 0.0154. The van der Waals surface area contributed by atoms with Gasteiger partial charge in [0.25, 0.3) is 0 Å². The highest BCUT2D eigenvalue weighted by Gasteiger charge is 2.07. The lowest BCUT2D eigenvalue weighted by Gasteiger charge is -2.10. The number of hydrogen-bond donors (Lipinski definition) is 2. The zero-order chi connectivity index (χ0) is 14.1. The maximum Gasteiger partial charge on any atom is 0.129 e. The number of ether oxygens (including phenoxy) is 2. The van der Waals surface area contributed by atoms with Gasteiger partial charge in [-0.05, 0) is 24.1 Å². The molecule has 0 atom stereocenters. The molecular formula is C15H24N2O2. The molecule has 0 saturated heterocycles. The van der Waals surface area contributed by atoms with Crippen LogP contribution in [0.5, 0.6) is 5.75 Å². The summed E-state index contributed by atoms with van der Waals surface area (Å²) in [6, 6.07) is 5.62. The Morgan fingerprint density at radius 2 is 2.05 bits per heavy atom. The standard InChI is InChI=1S/C15H24N2O2/c1-3-4-5-6-9-19-11-12-7-8-14(18-2)13(10-12)15(16)17/h7-8,10H,3-6,9,11H2,1-2H3,(H3,16,17). The summed E-state index contributed by atoms with van der Waals surface area (Å²) in [7, 11) is 1.58. The van der Waals surface area contributed by atoms with E-state index < -0.39 is 0 Å². The van der Waals surface area contributed by atoms with Gasteiger partial charge in [0.05, 0.1) is 19.3 Å². The van der Waals surface area contributed by atoms with Crippen molar-refractivity contribution in [2.24, 2.45) is 5.73 Å². The molecule has 0 bridgehead atoms. The predicted octanol–water partition coefficient (Wildman–Crippen LogP) is 3.08. The first kappa shape index (κ1) is 15.5. The van der Waals surface area contributed by atoms with Crippen LogP contribution >= 0.6 is 0 Å². The molecule has 0 aliphatic heterocycles. The fourth-order valence-corrected chi connectivity index (χ4v) is 1.88. The summed E-state index contributed by atoms with van der Waals surface area (Å²) in [6.07, 6.45) is 4.82. The van der Waals surface area contributed by atoms with E-state index in [9.17, 15) is 0 Å². The Balaban J connectivity index is 2.46. The quantitative estimate of drug-likeness (QED) is 0.409. The fraction of sp³-hybridized carbons (Fsp3) is 0.533. The Hall–Kier alpha value is -1.55. The van der Waals surface area contributed by atoms with Crippen LogP contribution in [0.4, 0.5) is 0 Å². The van der Waals surface area contributed by atoms with Crippen LogP contribution in [0.25, 0.3) is 0 Å². The molecule has 0 heterocycles. The molecule has 0 aliphatic carbocycles. The zero-order valence-electron chi connectivity index (χ0n) is 11.9. The van der Waals surface area contributed by atoms with Gasteiger partial charge in [0, 0.05) is 6.61 Å². The summed E-state index contributed by atoms with van der Waals surface area (Å²) >= 11 is 0. The van der Waals surface area contributed by atoms with E-state index in [4.69, 9.17) is 20.6 Å². The maximum atomic E-state index is 7.52. The molecule has 1 aromatic rings. The molecule has 4 nitrogen and oxygen atoms in total. The van der Waals surface area contributed by atoms with E-state index in [1.54, 1.807) is 7.11 Å². The summed E-state index contributed by atoms with van der Waals surface area (Å²) in [5.41, 5.74) is 7.17. The van der Waals surface area contributed by atoms with Crippen LogP contribution in [0.3, 0.4) is 0 Å². The van der Waals surface area contributed by atoms with E-state index in [0.29, 0.717) is 17.9 Å². The molecule has 1 rings (SSSR count). The maximum absolute atomic E-state index is 7.52. The first-order chi connectivity index (χ1) is 9.19. The molecule has 1 aromatic carbocycles. The van der Waals surface area contributed by atoms with Crippen molar-refractivity contribution in [2.45, 2.75) is 39.2 Å². The number of unbranched alkanes of at least 4 members (excludes halogenated alkanes) is 3. The third-order valence-corrected chi connectivity index (χ3v) is 2.97. The highest BCUT2D eigenvalue weighted by Crippen LogP contribution is 2.19. The summed E-state index contributed by atoms with van der Waals surface area (Å²) in [5, 5.41) is 7.52. The van der Waals surface area contributed by atoms with Gasteiger partial charge in [-0.15, -0.1) is 0 Å². The minimum absolute atomic E-state index is 0.0154. The van der Waals surface area contributed by atoms with Crippen molar-refractivity contribution >= 4 is 5.84 Å². The van der Waals surface area contributed by atoms with Crippen molar-refractivity contribution < 1.29 is 9.47 Å². The molecule has 0 saturated carbocycles. The lowest BCUT2D eigenvalue weighted by atomic mass is 10.1. The second kappa shape index (κ2) is 8.53. The van der Waals surface area contributed by atoms with E-state index in [2.05, 4.69) is 6.92 Å². The molecule has 106 valence electrons. The number of nitrogens with two attached hydrogens (primary N) is 1. The van der Waals surface area contributed by atoms with Crippen LogP contribution in [0.1, 0.15) is 43.7 Å². The first-order valence-electron chi connectivity index (χ1n) is 6.78. The Morgan fingerprint density at radius 1 is 1.26 bits per heavy atom. The summed E-state index contributed by atoms with van der Waals surface area (Å²) in [6.45, 7) is 3.53. The van der Waals surface area contributed by atoms with Gasteiger partial charge in [-0.25, -0.2) is 0 Å². The second-order valence-corrected chi connectivity index (χ2v) is 4.56. The van der Waals surface area contributed by atoms with E-state index >= 15 is 0 Å². The minimum Gasteiger partial charge on any atom is -0.496 e. The van der Waals surface area contributed by atoms with Gasteiger partial charge in [0.1, 0.15) is 11.6 Å². The Kier molecular flexibility index (Phi) is 6.97. The molecule has 0 aliphatic rings. The highest BCUT2D eigenvalue weighted by molar-refractivity contribution is 5.97. The summed E-state index contributed by atoms with van der Waals surface area (Å²) in [5.74, 6) is 0.640. The smallest absolute Gasteiger partial charge is 0.129 e. The number of rotatable bonds is 9. The third-order valence-electron chi connectivity index (χ3n) is 2.97. The van der Waals surface area contributed by atoms with Crippen molar-refractivity contribution in [3.63, 3.8) is 0 Å². The molecule has 3 N–H and O–H groups in total. The molecule has 0 amide bonds. The number of nitrogen functional groups attached to an aromatic ring is 1. The topological polar surface area (TPSA) is 68.3 Å². The molecule has 0 aromatic heterocycles. The SMILES string of the molecule is CCCCCCOCc1ccc(OC)c(C(=N)N)c1. The molecule has 19 heavy (non-hydrogen) atoms. The van der Waals surface area contributed by atoms with E-state index in [1.165, 1.54) is 19.3 Å². The van der Waals surface area contributed by atoms with Crippen LogP contribution in [-0.4, -0.2) is 19.6 Å². The predicted molar refractivity (Wildman–Crippen MR) is 77.8 cm³/mol. The van der Waals surface area contributed by atoms with Crippen LogP contribution < -0.4 is 10.5 Å². The second-order valence-electron chi connectivity index (χ2n) is 4.56. The van der Waals surface area contributed by atoms with E-state index in [-0.39, 0.29) is 5.84 Å². The Labute approximate surface area is 115 Å². The van der Waals surface area contributed by atoms with Crippen molar-refractivity contribution in [1.82, 2.24) is 0 Å². The Bertz CT molecular complexity index is 405. The van der Waals surface area contributed by atoms with Gasteiger partial charge in [0.2, 0.25) is 0 Å². The number of nitrogens with one attached hydrogen (secondary N) is 1. The van der Waals surface area contributed by atoms with E-state index in [1.807, 2.05) is 18.2 Å². The monoisotopic (exact) mass is 264 g/mol. The van der Waals surface area contributed by atoms with Crippen LogP contribution in [0, 0.1) is 5.41 Å². The molecule has 0 spiro atoms. The van der Waals surface area contributed by atoms with Gasteiger partial charge in [-0.1, -0.05) is 32.3 Å². The Morgan fingerprint density at radius 3 is 2.68 bits per heavy atom. The summed E-state index contributed by atoms with van der Waals surface area (Å²) in [4.78, 5) is 0. The largest absolute Gasteiger partial charge is 0.496 e. The molecule has 0 unspecified atom stereocenters.